The van der Waals surface area contributed by atoms with E-state index in [1.807, 2.05) is 18.2 Å². The number of benzene rings is 1. The molecule has 0 amide bonds. The molecular formula is C15H21ClN2. The molecule has 1 aromatic rings. The molecule has 0 aliphatic carbocycles. The topological polar surface area (TPSA) is 15.3 Å². The van der Waals surface area contributed by atoms with Crippen LogP contribution >= 0.6 is 11.6 Å². The number of nitrogens with zero attached hydrogens (tertiary/aromatic N) is 1. The van der Waals surface area contributed by atoms with E-state index in [9.17, 15) is 0 Å². The second-order valence-corrected chi connectivity index (χ2v) is 5.98. The molecule has 2 fully saturated rings. The van der Waals surface area contributed by atoms with Crippen molar-refractivity contribution in [3.05, 3.63) is 29.3 Å². The van der Waals surface area contributed by atoms with E-state index >= 15 is 0 Å². The zero-order valence-corrected chi connectivity index (χ0v) is 11.5. The van der Waals surface area contributed by atoms with E-state index in [0.29, 0.717) is 5.54 Å². The quantitative estimate of drug-likeness (QED) is 0.891. The summed E-state index contributed by atoms with van der Waals surface area (Å²) >= 11 is 6.16. The molecule has 0 atom stereocenters. The van der Waals surface area contributed by atoms with Gasteiger partial charge < -0.3 is 5.32 Å². The highest BCUT2D eigenvalue weighted by Gasteiger charge is 2.43. The van der Waals surface area contributed by atoms with Crippen LogP contribution in [0.4, 0.5) is 5.69 Å². The van der Waals surface area contributed by atoms with Crippen molar-refractivity contribution in [1.29, 1.82) is 0 Å². The Bertz CT molecular complexity index is 409. The van der Waals surface area contributed by atoms with Crippen molar-refractivity contribution < 1.29 is 0 Å². The first-order valence-corrected chi connectivity index (χ1v) is 7.41. The van der Waals surface area contributed by atoms with Gasteiger partial charge in [-0.25, -0.2) is 0 Å². The Labute approximate surface area is 114 Å². The molecular weight excluding hydrogens is 244 g/mol. The second kappa shape index (κ2) is 5.10. The van der Waals surface area contributed by atoms with Gasteiger partial charge in [-0.2, -0.15) is 0 Å². The highest BCUT2D eigenvalue weighted by atomic mass is 35.5. The molecule has 3 heteroatoms. The van der Waals surface area contributed by atoms with E-state index < -0.39 is 0 Å². The van der Waals surface area contributed by atoms with Gasteiger partial charge in [-0.15, -0.1) is 0 Å². The minimum Gasteiger partial charge on any atom is -0.384 e. The van der Waals surface area contributed by atoms with E-state index in [-0.39, 0.29) is 0 Å². The highest BCUT2D eigenvalue weighted by molar-refractivity contribution is 6.33. The number of para-hydroxylation sites is 1. The van der Waals surface area contributed by atoms with Gasteiger partial charge in [0.1, 0.15) is 0 Å². The minimum absolute atomic E-state index is 0.508. The van der Waals surface area contributed by atoms with E-state index in [4.69, 9.17) is 11.6 Å². The fourth-order valence-electron chi connectivity index (χ4n) is 3.67. The molecule has 2 nitrogen and oxygen atoms in total. The van der Waals surface area contributed by atoms with Crippen LogP contribution in [0.5, 0.6) is 0 Å². The number of hydrogen-bond acceptors (Lipinski definition) is 2. The molecule has 98 valence electrons. The van der Waals surface area contributed by atoms with Crippen LogP contribution in [-0.4, -0.2) is 30.1 Å². The van der Waals surface area contributed by atoms with Gasteiger partial charge in [0.2, 0.25) is 0 Å². The van der Waals surface area contributed by atoms with Crippen LogP contribution in [0.1, 0.15) is 32.1 Å². The molecule has 1 aromatic carbocycles. The maximum absolute atomic E-state index is 6.16. The van der Waals surface area contributed by atoms with E-state index in [1.54, 1.807) is 0 Å². The molecule has 2 saturated heterocycles. The first kappa shape index (κ1) is 12.3. The number of fused-ring (bicyclic) bond motifs is 1. The number of anilines is 1. The summed E-state index contributed by atoms with van der Waals surface area (Å²) < 4.78 is 0. The third-order valence-electron chi connectivity index (χ3n) is 4.59. The molecule has 0 aromatic heterocycles. The number of hydrogen-bond donors (Lipinski definition) is 1. The SMILES string of the molecule is Clc1ccccc1NCCC12CCCN1CCC2. The Balaban J connectivity index is 1.57. The lowest BCUT2D eigenvalue weighted by molar-refractivity contribution is 0.187. The van der Waals surface area contributed by atoms with Crippen molar-refractivity contribution in [1.82, 2.24) is 4.90 Å². The van der Waals surface area contributed by atoms with Crippen LogP contribution in [0, 0.1) is 0 Å². The average Bonchev–Trinajstić information content (AvgIpc) is 2.91. The van der Waals surface area contributed by atoms with E-state index in [0.717, 1.165) is 17.3 Å². The number of rotatable bonds is 4. The van der Waals surface area contributed by atoms with Gasteiger partial charge in [0.25, 0.3) is 0 Å². The lowest BCUT2D eigenvalue weighted by Crippen LogP contribution is -2.39. The normalized spacial score (nSPS) is 22.1. The molecule has 2 aliphatic rings. The summed E-state index contributed by atoms with van der Waals surface area (Å²) in [6.07, 6.45) is 6.78. The van der Waals surface area contributed by atoms with E-state index in [2.05, 4.69) is 16.3 Å². The Morgan fingerprint density at radius 3 is 2.61 bits per heavy atom. The summed E-state index contributed by atoms with van der Waals surface area (Å²) in [6.45, 7) is 3.65. The van der Waals surface area contributed by atoms with Gasteiger partial charge in [0.05, 0.1) is 10.7 Å². The van der Waals surface area contributed by atoms with Crippen LogP contribution in [-0.2, 0) is 0 Å². The van der Waals surface area contributed by atoms with Crippen molar-refractivity contribution >= 4 is 17.3 Å². The Morgan fingerprint density at radius 1 is 1.17 bits per heavy atom. The predicted molar refractivity (Wildman–Crippen MR) is 77.3 cm³/mol. The number of nitrogens with one attached hydrogen (secondary N) is 1. The third-order valence-corrected chi connectivity index (χ3v) is 4.92. The maximum atomic E-state index is 6.16. The smallest absolute Gasteiger partial charge is 0.0637 e. The van der Waals surface area contributed by atoms with Gasteiger partial charge in [-0.3, -0.25) is 4.90 Å². The molecule has 0 spiro atoms. The maximum Gasteiger partial charge on any atom is 0.0637 e. The average molecular weight is 265 g/mol. The second-order valence-electron chi connectivity index (χ2n) is 5.58. The fraction of sp³-hybridized carbons (Fsp3) is 0.600. The summed E-state index contributed by atoms with van der Waals surface area (Å²) in [7, 11) is 0. The molecule has 1 N–H and O–H groups in total. The molecule has 0 bridgehead atoms. The first-order chi connectivity index (χ1) is 8.80. The van der Waals surface area contributed by atoms with Gasteiger partial charge in [0.15, 0.2) is 0 Å². The van der Waals surface area contributed by atoms with Crippen LogP contribution < -0.4 is 5.32 Å². The Kier molecular flexibility index (Phi) is 3.49. The van der Waals surface area contributed by atoms with Gasteiger partial charge >= 0.3 is 0 Å². The molecule has 2 aliphatic heterocycles. The predicted octanol–water partition coefficient (Wildman–Crippen LogP) is 3.77. The molecule has 0 unspecified atom stereocenters. The molecule has 2 heterocycles. The van der Waals surface area contributed by atoms with Gasteiger partial charge in [-0.1, -0.05) is 23.7 Å². The molecule has 18 heavy (non-hydrogen) atoms. The lowest BCUT2D eigenvalue weighted by atomic mass is 9.90. The summed E-state index contributed by atoms with van der Waals surface area (Å²) in [5.41, 5.74) is 1.58. The molecule has 0 radical (unpaired) electrons. The summed E-state index contributed by atoms with van der Waals surface area (Å²) in [5.74, 6) is 0. The van der Waals surface area contributed by atoms with Crippen molar-refractivity contribution in [2.24, 2.45) is 0 Å². The summed E-state index contributed by atoms with van der Waals surface area (Å²) in [4.78, 5) is 2.71. The van der Waals surface area contributed by atoms with Gasteiger partial charge in [0, 0.05) is 12.1 Å². The Hall–Kier alpha value is -0.730. The first-order valence-electron chi connectivity index (χ1n) is 7.04. The lowest BCUT2D eigenvalue weighted by Gasteiger charge is -2.32. The zero-order chi connectivity index (χ0) is 12.4. The minimum atomic E-state index is 0.508. The standard InChI is InChI=1S/C15H21ClN2/c16-13-5-1-2-6-14(13)17-10-9-15-7-3-11-18(15)12-4-8-15/h1-2,5-6,17H,3-4,7-12H2. The summed E-state index contributed by atoms with van der Waals surface area (Å²) in [6, 6.07) is 8.01. The fourth-order valence-corrected chi connectivity index (χ4v) is 3.87. The molecule has 3 rings (SSSR count). The van der Waals surface area contributed by atoms with Crippen LogP contribution in [0.15, 0.2) is 24.3 Å². The molecule has 0 saturated carbocycles. The highest BCUT2D eigenvalue weighted by Crippen LogP contribution is 2.41. The third kappa shape index (κ3) is 2.24. The van der Waals surface area contributed by atoms with Crippen LogP contribution in [0.25, 0.3) is 0 Å². The summed E-state index contributed by atoms with van der Waals surface area (Å²) in [5, 5.41) is 4.31. The van der Waals surface area contributed by atoms with Crippen molar-refractivity contribution in [3.8, 4) is 0 Å². The Morgan fingerprint density at radius 2 is 1.89 bits per heavy atom. The van der Waals surface area contributed by atoms with Crippen molar-refractivity contribution in [3.63, 3.8) is 0 Å². The largest absolute Gasteiger partial charge is 0.384 e. The van der Waals surface area contributed by atoms with Crippen LogP contribution in [0.3, 0.4) is 0 Å². The monoisotopic (exact) mass is 264 g/mol. The van der Waals surface area contributed by atoms with Crippen LogP contribution in [0.2, 0.25) is 5.02 Å². The van der Waals surface area contributed by atoms with Crippen molar-refractivity contribution in [2.45, 2.75) is 37.6 Å². The van der Waals surface area contributed by atoms with E-state index in [1.165, 1.54) is 45.2 Å². The number of halogens is 1. The van der Waals surface area contributed by atoms with Crippen molar-refractivity contribution in [2.75, 3.05) is 25.0 Å². The zero-order valence-electron chi connectivity index (χ0n) is 10.8. The van der Waals surface area contributed by atoms with Gasteiger partial charge in [-0.05, 0) is 57.3 Å².